The Morgan fingerprint density at radius 1 is 1.37 bits per heavy atom. The highest BCUT2D eigenvalue weighted by molar-refractivity contribution is 6.33. The number of anilines is 1. The van der Waals surface area contributed by atoms with Crippen LogP contribution in [0, 0.1) is 11.8 Å². The van der Waals surface area contributed by atoms with Crippen LogP contribution in [-0.4, -0.2) is 28.9 Å². The molecular weight excluding hydrogens is 264 g/mol. The van der Waals surface area contributed by atoms with E-state index in [9.17, 15) is 4.79 Å². The van der Waals surface area contributed by atoms with Crippen molar-refractivity contribution in [3.05, 3.63) is 22.8 Å². The topological polar surface area (TPSA) is 71.2 Å². The lowest BCUT2D eigenvalue weighted by molar-refractivity contribution is 0.0775. The summed E-state index contributed by atoms with van der Waals surface area (Å²) >= 11 is 6.07. The molecule has 1 aromatic rings. The van der Waals surface area contributed by atoms with Crippen LogP contribution in [0.5, 0.6) is 0 Å². The monoisotopic (exact) mass is 280 g/mol. The minimum Gasteiger partial charge on any atom is -0.337 e. The number of pyridine rings is 1. The fourth-order valence-electron chi connectivity index (χ4n) is 3.22. The van der Waals surface area contributed by atoms with E-state index >= 15 is 0 Å². The molecule has 3 rings (SSSR count). The number of fused-ring (bicyclic) bond motifs is 1. The van der Waals surface area contributed by atoms with E-state index in [2.05, 4.69) is 10.4 Å². The van der Waals surface area contributed by atoms with Gasteiger partial charge in [-0.1, -0.05) is 18.0 Å². The first kappa shape index (κ1) is 12.7. The summed E-state index contributed by atoms with van der Waals surface area (Å²) in [6.07, 6.45) is 3.77. The summed E-state index contributed by atoms with van der Waals surface area (Å²) in [7, 11) is 0. The van der Waals surface area contributed by atoms with Crippen molar-refractivity contribution in [3.63, 3.8) is 0 Å². The number of nitrogens with two attached hydrogens (primary N) is 1. The molecule has 102 valence electrons. The van der Waals surface area contributed by atoms with Gasteiger partial charge in [0.15, 0.2) is 0 Å². The molecular formula is C13H17ClN4O. The maximum atomic E-state index is 12.5. The van der Waals surface area contributed by atoms with Crippen LogP contribution < -0.4 is 11.3 Å². The Labute approximate surface area is 117 Å². The molecule has 6 heteroatoms. The van der Waals surface area contributed by atoms with Crippen molar-refractivity contribution in [2.75, 3.05) is 18.5 Å². The average molecular weight is 281 g/mol. The van der Waals surface area contributed by atoms with Crippen molar-refractivity contribution in [2.24, 2.45) is 17.7 Å². The van der Waals surface area contributed by atoms with Gasteiger partial charge in [0.2, 0.25) is 0 Å². The Bertz CT molecular complexity index is 495. The number of carbonyl (C=O) groups is 1. The number of hydrogen-bond donors (Lipinski definition) is 2. The number of likely N-dealkylation sites (tertiary alicyclic amines) is 1. The largest absolute Gasteiger partial charge is 0.337 e. The Morgan fingerprint density at radius 3 is 2.68 bits per heavy atom. The van der Waals surface area contributed by atoms with Crippen LogP contribution >= 0.6 is 11.6 Å². The summed E-state index contributed by atoms with van der Waals surface area (Å²) in [5.74, 6) is 7.01. The Kier molecular flexibility index (Phi) is 3.33. The maximum absolute atomic E-state index is 12.5. The summed E-state index contributed by atoms with van der Waals surface area (Å²) in [6, 6.07) is 3.30. The lowest BCUT2D eigenvalue weighted by atomic mass is 10.0. The van der Waals surface area contributed by atoms with E-state index in [0.717, 1.165) is 13.1 Å². The normalized spacial score (nSPS) is 25.5. The standard InChI is InChI=1S/C13H17ClN4O/c14-10-4-5-11(17-15)16-12(10)13(19)18-6-8-2-1-3-9(8)7-18/h4-5,8-9H,1-3,6-7,15H2,(H,16,17). The van der Waals surface area contributed by atoms with Crippen molar-refractivity contribution >= 4 is 23.3 Å². The van der Waals surface area contributed by atoms with Crippen LogP contribution in [0.15, 0.2) is 12.1 Å². The predicted molar refractivity (Wildman–Crippen MR) is 73.8 cm³/mol. The molecule has 1 aromatic heterocycles. The summed E-state index contributed by atoms with van der Waals surface area (Å²) in [4.78, 5) is 18.5. The van der Waals surface area contributed by atoms with E-state index in [-0.39, 0.29) is 11.6 Å². The first-order valence-electron chi connectivity index (χ1n) is 6.61. The van der Waals surface area contributed by atoms with Crippen LogP contribution in [0.4, 0.5) is 5.82 Å². The third kappa shape index (κ3) is 2.28. The Hall–Kier alpha value is -1.33. The van der Waals surface area contributed by atoms with Crippen molar-refractivity contribution in [2.45, 2.75) is 19.3 Å². The molecule has 1 aliphatic heterocycles. The molecule has 0 bridgehead atoms. The Balaban J connectivity index is 1.80. The highest BCUT2D eigenvalue weighted by atomic mass is 35.5. The molecule has 19 heavy (non-hydrogen) atoms. The molecule has 1 saturated heterocycles. The van der Waals surface area contributed by atoms with Crippen LogP contribution in [0.1, 0.15) is 29.8 Å². The number of carbonyl (C=O) groups excluding carboxylic acids is 1. The van der Waals surface area contributed by atoms with Gasteiger partial charge in [-0.25, -0.2) is 10.8 Å². The fraction of sp³-hybridized carbons (Fsp3) is 0.538. The molecule has 3 N–H and O–H groups in total. The average Bonchev–Trinajstić information content (AvgIpc) is 2.99. The molecule has 2 fully saturated rings. The quantitative estimate of drug-likeness (QED) is 0.641. The maximum Gasteiger partial charge on any atom is 0.274 e. The molecule has 2 atom stereocenters. The second-order valence-electron chi connectivity index (χ2n) is 5.33. The molecule has 2 unspecified atom stereocenters. The van der Waals surface area contributed by atoms with E-state index in [1.165, 1.54) is 19.3 Å². The Morgan fingerprint density at radius 2 is 2.05 bits per heavy atom. The SMILES string of the molecule is NNc1ccc(Cl)c(C(=O)N2CC3CCCC3C2)n1. The molecule has 2 heterocycles. The number of hydrogen-bond acceptors (Lipinski definition) is 4. The van der Waals surface area contributed by atoms with Crippen molar-refractivity contribution in [3.8, 4) is 0 Å². The first-order valence-corrected chi connectivity index (χ1v) is 6.99. The molecule has 0 radical (unpaired) electrons. The summed E-state index contributed by atoms with van der Waals surface area (Å²) in [5.41, 5.74) is 2.73. The third-order valence-corrected chi connectivity index (χ3v) is 4.51. The van der Waals surface area contributed by atoms with Gasteiger partial charge < -0.3 is 10.3 Å². The van der Waals surface area contributed by atoms with Gasteiger partial charge in [0.05, 0.1) is 5.02 Å². The number of amides is 1. The van der Waals surface area contributed by atoms with Gasteiger partial charge in [-0.3, -0.25) is 4.79 Å². The smallest absolute Gasteiger partial charge is 0.274 e. The number of halogens is 1. The van der Waals surface area contributed by atoms with Crippen LogP contribution in [-0.2, 0) is 0 Å². The second-order valence-corrected chi connectivity index (χ2v) is 5.74. The van der Waals surface area contributed by atoms with Crippen LogP contribution in [0.25, 0.3) is 0 Å². The van der Waals surface area contributed by atoms with Gasteiger partial charge >= 0.3 is 0 Å². The molecule has 0 aromatic carbocycles. The lowest BCUT2D eigenvalue weighted by Gasteiger charge is -2.17. The van der Waals surface area contributed by atoms with Crippen molar-refractivity contribution < 1.29 is 4.79 Å². The van der Waals surface area contributed by atoms with Gasteiger partial charge in [0, 0.05) is 13.1 Å². The molecule has 0 spiro atoms. The highest BCUT2D eigenvalue weighted by Crippen LogP contribution is 2.38. The minimum absolute atomic E-state index is 0.0866. The third-order valence-electron chi connectivity index (χ3n) is 4.21. The second kappa shape index (κ2) is 4.98. The van der Waals surface area contributed by atoms with E-state index in [1.54, 1.807) is 12.1 Å². The van der Waals surface area contributed by atoms with Gasteiger partial charge in [0.25, 0.3) is 5.91 Å². The number of nitrogen functional groups attached to an aromatic ring is 1. The molecule has 1 amide bonds. The van der Waals surface area contributed by atoms with E-state index in [0.29, 0.717) is 22.7 Å². The molecule has 1 saturated carbocycles. The number of nitrogens with zero attached hydrogens (tertiary/aromatic N) is 2. The zero-order valence-corrected chi connectivity index (χ0v) is 11.4. The van der Waals surface area contributed by atoms with Gasteiger partial charge in [-0.15, -0.1) is 0 Å². The lowest BCUT2D eigenvalue weighted by Crippen LogP contribution is -2.30. The fourth-order valence-corrected chi connectivity index (χ4v) is 3.41. The van der Waals surface area contributed by atoms with Crippen molar-refractivity contribution in [1.82, 2.24) is 9.88 Å². The summed E-state index contributed by atoms with van der Waals surface area (Å²) < 4.78 is 0. The zero-order valence-electron chi connectivity index (χ0n) is 10.6. The molecule has 5 nitrogen and oxygen atoms in total. The predicted octanol–water partition coefficient (Wildman–Crippen LogP) is 1.89. The number of rotatable bonds is 2. The van der Waals surface area contributed by atoms with Gasteiger partial charge in [0.1, 0.15) is 11.5 Å². The van der Waals surface area contributed by atoms with Crippen LogP contribution in [0.3, 0.4) is 0 Å². The van der Waals surface area contributed by atoms with E-state index in [1.807, 2.05) is 4.90 Å². The minimum atomic E-state index is -0.0866. The van der Waals surface area contributed by atoms with Crippen molar-refractivity contribution in [1.29, 1.82) is 0 Å². The molecule has 1 aliphatic carbocycles. The number of aromatic nitrogens is 1. The van der Waals surface area contributed by atoms with E-state index in [4.69, 9.17) is 17.4 Å². The van der Waals surface area contributed by atoms with Gasteiger partial charge in [-0.05, 0) is 36.8 Å². The van der Waals surface area contributed by atoms with Crippen LogP contribution in [0.2, 0.25) is 5.02 Å². The summed E-state index contributed by atoms with van der Waals surface area (Å²) in [5, 5.41) is 0.376. The zero-order chi connectivity index (χ0) is 13.4. The van der Waals surface area contributed by atoms with E-state index < -0.39 is 0 Å². The summed E-state index contributed by atoms with van der Waals surface area (Å²) in [6.45, 7) is 1.67. The number of nitrogens with one attached hydrogen (secondary N) is 1. The van der Waals surface area contributed by atoms with Gasteiger partial charge in [-0.2, -0.15) is 0 Å². The highest BCUT2D eigenvalue weighted by Gasteiger charge is 2.38. The first-order chi connectivity index (χ1) is 9.19. The number of hydrazine groups is 1. The molecule has 2 aliphatic rings.